The zero-order valence-electron chi connectivity index (χ0n) is 8.42. The van der Waals surface area contributed by atoms with Crippen LogP contribution in [0.25, 0.3) is 22.1 Å². The molecule has 0 saturated carbocycles. The Labute approximate surface area is 116 Å². The van der Waals surface area contributed by atoms with Crippen molar-refractivity contribution in [2.45, 2.75) is 0 Å². The Morgan fingerprint density at radius 2 is 2.12 bits per heavy atom. The number of halogens is 1. The Hall–Kier alpha value is -1.25. The summed E-state index contributed by atoms with van der Waals surface area (Å²) in [6.07, 6.45) is 5.80. The summed E-state index contributed by atoms with van der Waals surface area (Å²) in [6, 6.07) is 5.63. The largest absolute Gasteiger partial charge is 0.430 e. The van der Waals surface area contributed by atoms with E-state index in [1.54, 1.807) is 6.20 Å². The molecule has 6 heteroatoms. The van der Waals surface area contributed by atoms with Gasteiger partial charge in [0, 0.05) is 32.8 Å². The molecule has 3 aromatic rings. The summed E-state index contributed by atoms with van der Waals surface area (Å²) >= 11 is 6.00. The van der Waals surface area contributed by atoms with Crippen molar-refractivity contribution in [3.8, 4) is 11.1 Å². The van der Waals surface area contributed by atoms with E-state index < -0.39 is 0 Å². The fraction of sp³-hybridized carbons (Fsp3) is 0. The molecule has 0 unspecified atom stereocenters. The van der Waals surface area contributed by atoms with E-state index in [0.717, 1.165) is 16.5 Å². The van der Waals surface area contributed by atoms with Crippen molar-refractivity contribution in [2.75, 3.05) is 0 Å². The number of rotatable bonds is 1. The van der Waals surface area contributed by atoms with Crippen LogP contribution >= 0.6 is 11.6 Å². The van der Waals surface area contributed by atoms with Crippen LogP contribution in [0.1, 0.15) is 0 Å². The van der Waals surface area contributed by atoms with Crippen molar-refractivity contribution < 1.29 is 25.6 Å². The van der Waals surface area contributed by atoms with Crippen molar-refractivity contribution in [3.05, 3.63) is 42.1 Å². The molecule has 0 atom stereocenters. The maximum absolute atomic E-state index is 6.00. The topological polar surface area (TPSA) is 51.8 Å². The molecule has 0 saturated heterocycles. The summed E-state index contributed by atoms with van der Waals surface area (Å²) in [5.41, 5.74) is 2.18. The van der Waals surface area contributed by atoms with Gasteiger partial charge in [-0.3, -0.25) is 0 Å². The summed E-state index contributed by atoms with van der Waals surface area (Å²) in [6.45, 7) is 0. The van der Waals surface area contributed by atoms with Gasteiger partial charge in [0.25, 0.3) is 0 Å². The molecule has 0 aliphatic carbocycles. The second-order valence-corrected chi connectivity index (χ2v) is 3.56. The molecule has 4 nitrogen and oxygen atoms in total. The van der Waals surface area contributed by atoms with Crippen molar-refractivity contribution >= 4 is 22.6 Å². The van der Waals surface area contributed by atoms with Gasteiger partial charge in [0.2, 0.25) is 0 Å². The van der Waals surface area contributed by atoms with Gasteiger partial charge in [-0.25, -0.2) is 9.97 Å². The number of fused-ring (bicyclic) bond motifs is 1. The molecule has 0 aliphatic rings. The Balaban J connectivity index is 0.00000108. The van der Waals surface area contributed by atoms with Crippen LogP contribution in [0.15, 0.2) is 35.2 Å². The third-order valence-electron chi connectivity index (χ3n) is 2.27. The van der Waals surface area contributed by atoms with Gasteiger partial charge in [0.1, 0.15) is 11.5 Å². The average Bonchev–Trinajstić information content (AvgIpc) is 2.77. The first-order valence-electron chi connectivity index (χ1n) is 4.58. The second kappa shape index (κ2) is 4.94. The summed E-state index contributed by atoms with van der Waals surface area (Å²) < 4.78 is 5.14. The molecule has 0 fully saturated rings. The molecule has 0 aliphatic heterocycles. The van der Waals surface area contributed by atoms with Gasteiger partial charge in [-0.1, -0.05) is 17.7 Å². The SMILES string of the molecule is Clc1ncncc1-c1cccc2[c-]noc12.[W]. The zero-order valence-corrected chi connectivity index (χ0v) is 12.1. The Kier molecular flexibility index (Phi) is 3.55. The monoisotopic (exact) mass is 414 g/mol. The third-order valence-corrected chi connectivity index (χ3v) is 2.57. The van der Waals surface area contributed by atoms with E-state index in [9.17, 15) is 0 Å². The quantitative estimate of drug-likeness (QED) is 0.454. The molecule has 2 heterocycles. The van der Waals surface area contributed by atoms with Crippen LogP contribution in [0.3, 0.4) is 0 Å². The van der Waals surface area contributed by atoms with Crippen molar-refractivity contribution in [1.29, 1.82) is 0 Å². The number of hydrogen-bond donors (Lipinski definition) is 0. The van der Waals surface area contributed by atoms with Crippen molar-refractivity contribution in [1.82, 2.24) is 15.1 Å². The molecule has 0 spiro atoms. The normalized spacial score (nSPS) is 10.2. The summed E-state index contributed by atoms with van der Waals surface area (Å²) in [5.74, 6) is 0. The smallest absolute Gasteiger partial charge is 0.139 e. The minimum absolute atomic E-state index is 0. The van der Waals surface area contributed by atoms with Gasteiger partial charge in [-0.2, -0.15) is 11.2 Å². The van der Waals surface area contributed by atoms with Crippen LogP contribution in [0, 0.1) is 6.20 Å². The number of aromatic nitrogens is 3. The summed E-state index contributed by atoms with van der Waals surface area (Å²) in [7, 11) is 0. The molecule has 84 valence electrons. The van der Waals surface area contributed by atoms with E-state index in [0.29, 0.717) is 10.7 Å². The summed E-state index contributed by atoms with van der Waals surface area (Å²) in [4.78, 5) is 7.87. The van der Waals surface area contributed by atoms with Gasteiger partial charge >= 0.3 is 0 Å². The van der Waals surface area contributed by atoms with Crippen LogP contribution in [-0.2, 0) is 21.1 Å². The number of nitrogens with zero attached hydrogens (tertiary/aromatic N) is 3. The molecule has 0 N–H and O–H groups in total. The number of para-hydroxylation sites is 1. The van der Waals surface area contributed by atoms with Crippen LogP contribution in [0.2, 0.25) is 5.15 Å². The first kappa shape index (κ1) is 12.2. The molecule has 17 heavy (non-hydrogen) atoms. The molecule has 0 amide bonds. The van der Waals surface area contributed by atoms with E-state index in [1.807, 2.05) is 18.2 Å². The third kappa shape index (κ3) is 2.10. The van der Waals surface area contributed by atoms with E-state index in [4.69, 9.17) is 16.1 Å². The summed E-state index contributed by atoms with van der Waals surface area (Å²) in [5, 5.41) is 4.82. The van der Waals surface area contributed by atoms with E-state index in [2.05, 4.69) is 21.3 Å². The van der Waals surface area contributed by atoms with E-state index in [-0.39, 0.29) is 21.1 Å². The van der Waals surface area contributed by atoms with Crippen LogP contribution < -0.4 is 0 Å². The van der Waals surface area contributed by atoms with E-state index in [1.165, 1.54) is 6.33 Å². The van der Waals surface area contributed by atoms with Gasteiger partial charge in [0.15, 0.2) is 0 Å². The minimum Gasteiger partial charge on any atom is -0.430 e. The van der Waals surface area contributed by atoms with Crippen molar-refractivity contribution in [2.24, 2.45) is 0 Å². The maximum atomic E-state index is 6.00. The van der Waals surface area contributed by atoms with Crippen LogP contribution in [0.4, 0.5) is 0 Å². The predicted octanol–water partition coefficient (Wildman–Crippen LogP) is 2.74. The Morgan fingerprint density at radius 3 is 2.94 bits per heavy atom. The van der Waals surface area contributed by atoms with Crippen molar-refractivity contribution in [3.63, 3.8) is 0 Å². The van der Waals surface area contributed by atoms with Crippen LogP contribution in [-0.4, -0.2) is 15.1 Å². The minimum atomic E-state index is 0. The molecule has 3 rings (SSSR count). The van der Waals surface area contributed by atoms with Gasteiger partial charge < -0.3 is 4.52 Å². The molecule has 1 aromatic carbocycles. The first-order valence-corrected chi connectivity index (χ1v) is 4.96. The molecular weight excluding hydrogens is 409 g/mol. The first-order chi connectivity index (χ1) is 7.86. The standard InChI is InChI=1S/C11H5ClN3O.W/c12-11-9(5-13-6-14-11)8-3-1-2-7-4-15-16-10(7)8;/h1-3,5-6H;/q-1;. The molecule has 2 aromatic heterocycles. The molecular formula is C11H5ClN3OW-. The second-order valence-electron chi connectivity index (χ2n) is 3.20. The Bertz CT molecular complexity index is 656. The fourth-order valence-corrected chi connectivity index (χ4v) is 1.74. The zero-order chi connectivity index (χ0) is 11.0. The van der Waals surface area contributed by atoms with E-state index >= 15 is 0 Å². The number of benzene rings is 1. The fourth-order valence-electron chi connectivity index (χ4n) is 1.55. The maximum Gasteiger partial charge on any atom is 0.139 e. The number of hydrogen-bond acceptors (Lipinski definition) is 4. The van der Waals surface area contributed by atoms with Crippen LogP contribution in [0.5, 0.6) is 0 Å². The average molecular weight is 414 g/mol. The Morgan fingerprint density at radius 1 is 1.24 bits per heavy atom. The predicted molar refractivity (Wildman–Crippen MR) is 58.9 cm³/mol. The van der Waals surface area contributed by atoms with Gasteiger partial charge in [-0.05, 0) is 11.8 Å². The van der Waals surface area contributed by atoms with Gasteiger partial charge in [-0.15, -0.1) is 11.5 Å². The molecule has 0 bridgehead atoms. The van der Waals surface area contributed by atoms with Gasteiger partial charge in [0.05, 0.1) is 5.58 Å². The molecule has 0 radical (unpaired) electrons.